The lowest BCUT2D eigenvalue weighted by molar-refractivity contribution is -0.122. The topological polar surface area (TPSA) is 9.72 Å². The van der Waals surface area contributed by atoms with Crippen molar-refractivity contribution in [1.82, 2.24) is 14.7 Å². The van der Waals surface area contributed by atoms with Gasteiger partial charge >= 0.3 is 0 Å². The predicted octanol–water partition coefficient (Wildman–Crippen LogP) is 3.69. The highest BCUT2D eigenvalue weighted by Crippen LogP contribution is 2.51. The summed E-state index contributed by atoms with van der Waals surface area (Å²) in [6.07, 6.45) is 8.68. The van der Waals surface area contributed by atoms with Gasteiger partial charge in [0.05, 0.1) is 0 Å². The van der Waals surface area contributed by atoms with E-state index in [1.54, 1.807) is 0 Å². The smallest absolute Gasteiger partial charge is 0.0115 e. The van der Waals surface area contributed by atoms with Gasteiger partial charge in [0.1, 0.15) is 0 Å². The van der Waals surface area contributed by atoms with Crippen LogP contribution in [0.15, 0.2) is 0 Å². The van der Waals surface area contributed by atoms with E-state index in [1.807, 2.05) is 0 Å². The van der Waals surface area contributed by atoms with Gasteiger partial charge in [0.15, 0.2) is 0 Å². The van der Waals surface area contributed by atoms with Gasteiger partial charge < -0.3 is 9.80 Å². The predicted molar refractivity (Wildman–Crippen MR) is 106 cm³/mol. The van der Waals surface area contributed by atoms with Crippen LogP contribution >= 0.6 is 0 Å². The molecule has 3 saturated carbocycles. The van der Waals surface area contributed by atoms with Gasteiger partial charge in [-0.2, -0.15) is 0 Å². The number of likely N-dealkylation sites (tertiary alicyclic amines) is 1. The maximum Gasteiger partial charge on any atom is 0.0115 e. The van der Waals surface area contributed by atoms with Gasteiger partial charge in [-0.1, -0.05) is 13.8 Å². The lowest BCUT2D eigenvalue weighted by atomic mass is 9.59. The summed E-state index contributed by atoms with van der Waals surface area (Å²) in [5, 5.41) is 0. The average Bonchev–Trinajstić information content (AvgIpc) is 2.40. The fourth-order valence-corrected chi connectivity index (χ4v) is 6.29. The molecule has 0 aromatic carbocycles. The zero-order valence-corrected chi connectivity index (χ0v) is 17.4. The molecule has 1 aliphatic heterocycles. The van der Waals surface area contributed by atoms with Crippen LogP contribution in [0, 0.1) is 17.3 Å². The van der Waals surface area contributed by atoms with E-state index in [2.05, 4.69) is 49.4 Å². The standard InChI is InChI=1S/C22H41N3/c1-16(2)25(20-10-18(4)11-20)7-6-24-14-22(15-24)12-21(13-22)23(5)19-8-17(3)9-19/h16-21H,6-15H2,1-5H3/t17-,18-,19-,20-. The van der Waals surface area contributed by atoms with E-state index < -0.39 is 0 Å². The second-order valence-electron chi connectivity index (χ2n) is 10.7. The summed E-state index contributed by atoms with van der Waals surface area (Å²) in [5.41, 5.74) is 0.710. The first-order chi connectivity index (χ1) is 11.8. The Kier molecular flexibility index (Phi) is 4.96. The minimum atomic E-state index is 0.708. The van der Waals surface area contributed by atoms with E-state index in [-0.39, 0.29) is 0 Å². The normalized spacial score (nSPS) is 37.9. The van der Waals surface area contributed by atoms with Crippen LogP contribution in [0.25, 0.3) is 0 Å². The van der Waals surface area contributed by atoms with Gasteiger partial charge in [0, 0.05) is 50.3 Å². The fraction of sp³-hybridized carbons (Fsp3) is 1.00. The molecule has 0 amide bonds. The van der Waals surface area contributed by atoms with Gasteiger partial charge in [-0.25, -0.2) is 0 Å². The molecule has 0 bridgehead atoms. The van der Waals surface area contributed by atoms with Crippen LogP contribution in [0.1, 0.15) is 66.2 Å². The van der Waals surface area contributed by atoms with Crippen molar-refractivity contribution < 1.29 is 0 Å². The maximum atomic E-state index is 2.78. The molecule has 4 rings (SSSR count). The highest BCUT2D eigenvalue weighted by molar-refractivity contribution is 5.08. The number of hydrogen-bond acceptors (Lipinski definition) is 3. The monoisotopic (exact) mass is 347 g/mol. The van der Waals surface area contributed by atoms with E-state index in [1.165, 1.54) is 64.7 Å². The minimum absolute atomic E-state index is 0.708. The van der Waals surface area contributed by atoms with Crippen LogP contribution in [-0.4, -0.2) is 72.1 Å². The third-order valence-corrected chi connectivity index (χ3v) is 8.11. The van der Waals surface area contributed by atoms with E-state index >= 15 is 0 Å². The summed E-state index contributed by atoms with van der Waals surface area (Å²) in [6, 6.07) is 3.37. The van der Waals surface area contributed by atoms with Crippen LogP contribution in [0.4, 0.5) is 0 Å². The number of rotatable bonds is 7. The SMILES string of the molecule is CC(C)N(CCN1CC2(CC(N(C)[C@H]3C[C@H](C)C3)C2)C1)[C@H]1C[C@H](C)C1. The van der Waals surface area contributed by atoms with Crippen molar-refractivity contribution in [3.63, 3.8) is 0 Å². The summed E-state index contributed by atoms with van der Waals surface area (Å²) < 4.78 is 0. The molecule has 0 N–H and O–H groups in total. The maximum absolute atomic E-state index is 2.78. The molecule has 0 aromatic heterocycles. The first kappa shape index (κ1) is 18.3. The largest absolute Gasteiger partial charge is 0.301 e. The van der Waals surface area contributed by atoms with Crippen LogP contribution in [-0.2, 0) is 0 Å². The van der Waals surface area contributed by atoms with Crippen molar-refractivity contribution in [1.29, 1.82) is 0 Å². The molecule has 144 valence electrons. The zero-order chi connectivity index (χ0) is 17.8. The Hall–Kier alpha value is -0.120. The van der Waals surface area contributed by atoms with Crippen LogP contribution < -0.4 is 0 Å². The molecule has 3 nitrogen and oxygen atoms in total. The Morgan fingerprint density at radius 1 is 0.920 bits per heavy atom. The molecule has 4 aliphatic rings. The van der Waals surface area contributed by atoms with Crippen LogP contribution in [0.5, 0.6) is 0 Å². The molecule has 0 atom stereocenters. The average molecular weight is 348 g/mol. The van der Waals surface area contributed by atoms with Crippen LogP contribution in [0.3, 0.4) is 0 Å². The first-order valence-corrected chi connectivity index (χ1v) is 11.1. The van der Waals surface area contributed by atoms with Crippen molar-refractivity contribution in [2.75, 3.05) is 33.2 Å². The molecule has 4 fully saturated rings. The van der Waals surface area contributed by atoms with Gasteiger partial charge in [-0.15, -0.1) is 0 Å². The Morgan fingerprint density at radius 3 is 2.00 bits per heavy atom. The highest BCUT2D eigenvalue weighted by Gasteiger charge is 2.54. The molecule has 3 heteroatoms. The molecule has 0 aromatic rings. The third kappa shape index (κ3) is 3.53. The molecule has 1 spiro atoms. The first-order valence-electron chi connectivity index (χ1n) is 11.1. The lowest BCUT2D eigenvalue weighted by Gasteiger charge is -2.62. The summed E-state index contributed by atoms with van der Waals surface area (Å²) in [5.74, 6) is 1.93. The molecular weight excluding hydrogens is 306 g/mol. The highest BCUT2D eigenvalue weighted by atomic mass is 15.3. The second-order valence-corrected chi connectivity index (χ2v) is 10.7. The minimum Gasteiger partial charge on any atom is -0.301 e. The molecule has 3 aliphatic carbocycles. The summed E-state index contributed by atoms with van der Waals surface area (Å²) in [7, 11) is 2.39. The molecular formula is C22H41N3. The number of hydrogen-bond donors (Lipinski definition) is 0. The lowest BCUT2D eigenvalue weighted by Crippen LogP contribution is -2.68. The Morgan fingerprint density at radius 2 is 1.48 bits per heavy atom. The molecule has 1 heterocycles. The van der Waals surface area contributed by atoms with Crippen LogP contribution in [0.2, 0.25) is 0 Å². The second kappa shape index (κ2) is 6.80. The van der Waals surface area contributed by atoms with Gasteiger partial charge in [-0.05, 0) is 76.7 Å². The quantitative estimate of drug-likeness (QED) is 0.695. The summed E-state index contributed by atoms with van der Waals surface area (Å²) in [6.45, 7) is 14.9. The number of nitrogens with zero attached hydrogens (tertiary/aromatic N) is 3. The Balaban J connectivity index is 1.15. The van der Waals surface area contributed by atoms with Crippen molar-refractivity contribution in [3.8, 4) is 0 Å². The summed E-state index contributed by atoms with van der Waals surface area (Å²) >= 11 is 0. The van der Waals surface area contributed by atoms with Crippen molar-refractivity contribution in [3.05, 3.63) is 0 Å². The van der Waals surface area contributed by atoms with E-state index in [0.29, 0.717) is 11.5 Å². The van der Waals surface area contributed by atoms with Crippen molar-refractivity contribution in [2.24, 2.45) is 17.3 Å². The van der Waals surface area contributed by atoms with E-state index in [0.717, 1.165) is 30.0 Å². The fourth-order valence-electron chi connectivity index (χ4n) is 6.29. The molecule has 0 radical (unpaired) electrons. The van der Waals surface area contributed by atoms with Crippen molar-refractivity contribution in [2.45, 2.75) is 90.4 Å². The van der Waals surface area contributed by atoms with E-state index in [4.69, 9.17) is 0 Å². The molecule has 1 saturated heterocycles. The Bertz CT molecular complexity index is 450. The van der Waals surface area contributed by atoms with Crippen molar-refractivity contribution >= 4 is 0 Å². The summed E-state index contributed by atoms with van der Waals surface area (Å²) in [4.78, 5) is 8.24. The van der Waals surface area contributed by atoms with Gasteiger partial charge in [0.25, 0.3) is 0 Å². The van der Waals surface area contributed by atoms with Gasteiger partial charge in [-0.3, -0.25) is 4.90 Å². The van der Waals surface area contributed by atoms with E-state index in [9.17, 15) is 0 Å². The Labute approximate surface area is 156 Å². The van der Waals surface area contributed by atoms with Gasteiger partial charge in [0.2, 0.25) is 0 Å². The molecule has 25 heavy (non-hydrogen) atoms. The molecule has 0 unspecified atom stereocenters. The zero-order valence-electron chi connectivity index (χ0n) is 17.4. The third-order valence-electron chi connectivity index (χ3n) is 8.11.